The Kier molecular flexibility index (Phi) is 4.13. The Labute approximate surface area is 124 Å². The molecule has 0 aromatic heterocycles. The van der Waals surface area contributed by atoms with Gasteiger partial charge in [0, 0.05) is 24.2 Å². The quantitative estimate of drug-likeness (QED) is 0.926. The van der Waals surface area contributed by atoms with Crippen LogP contribution in [0.25, 0.3) is 0 Å². The van der Waals surface area contributed by atoms with Crippen LogP contribution in [0.2, 0.25) is 5.02 Å². The van der Waals surface area contributed by atoms with Crippen LogP contribution in [0, 0.1) is 5.92 Å². The van der Waals surface area contributed by atoms with Gasteiger partial charge >= 0.3 is 0 Å². The number of hydrogen-bond donors (Lipinski definition) is 1. The lowest BCUT2D eigenvalue weighted by Crippen LogP contribution is -2.48. The first-order valence-electron chi connectivity index (χ1n) is 7.12. The second kappa shape index (κ2) is 6.02. The zero-order chi connectivity index (χ0) is 13.9. The van der Waals surface area contributed by atoms with Crippen LogP contribution in [0.5, 0.6) is 5.75 Å². The minimum Gasteiger partial charge on any atom is -0.484 e. The number of hydrogen-bond acceptors (Lipinski definition) is 3. The predicted molar refractivity (Wildman–Crippen MR) is 78.0 cm³/mol. The van der Waals surface area contributed by atoms with Crippen LogP contribution in [-0.2, 0) is 4.79 Å². The summed E-state index contributed by atoms with van der Waals surface area (Å²) < 4.78 is 5.52. The van der Waals surface area contributed by atoms with Gasteiger partial charge in [0.05, 0.1) is 0 Å². The Morgan fingerprint density at radius 2 is 2.35 bits per heavy atom. The highest BCUT2D eigenvalue weighted by Crippen LogP contribution is 2.24. The highest BCUT2D eigenvalue weighted by atomic mass is 35.5. The lowest BCUT2D eigenvalue weighted by atomic mass is 9.93. The number of amides is 1. The molecule has 2 heterocycles. The SMILES string of the molecule is O=C(COc1cccc(Cl)c1)N1CCC2NCCC2C1. The number of nitrogens with zero attached hydrogens (tertiary/aromatic N) is 1. The van der Waals surface area contributed by atoms with Crippen molar-refractivity contribution in [2.45, 2.75) is 18.9 Å². The summed E-state index contributed by atoms with van der Waals surface area (Å²) in [6.45, 7) is 2.85. The first-order valence-corrected chi connectivity index (χ1v) is 7.50. The number of nitrogens with one attached hydrogen (secondary N) is 1. The van der Waals surface area contributed by atoms with E-state index in [-0.39, 0.29) is 12.5 Å². The molecular weight excluding hydrogens is 276 g/mol. The monoisotopic (exact) mass is 294 g/mol. The topological polar surface area (TPSA) is 41.6 Å². The van der Waals surface area contributed by atoms with Crippen molar-refractivity contribution in [1.82, 2.24) is 10.2 Å². The fourth-order valence-electron chi connectivity index (χ4n) is 3.07. The highest BCUT2D eigenvalue weighted by Gasteiger charge is 2.34. The molecule has 108 valence electrons. The van der Waals surface area contributed by atoms with Gasteiger partial charge in [-0.05, 0) is 43.5 Å². The molecule has 1 N–H and O–H groups in total. The first-order chi connectivity index (χ1) is 9.72. The molecular formula is C15H19ClN2O2. The van der Waals surface area contributed by atoms with Gasteiger partial charge in [0.1, 0.15) is 5.75 Å². The second-order valence-electron chi connectivity index (χ2n) is 5.48. The molecule has 2 fully saturated rings. The van der Waals surface area contributed by atoms with Gasteiger partial charge in [-0.25, -0.2) is 0 Å². The zero-order valence-electron chi connectivity index (χ0n) is 11.3. The van der Waals surface area contributed by atoms with E-state index >= 15 is 0 Å². The summed E-state index contributed by atoms with van der Waals surface area (Å²) in [5.41, 5.74) is 0. The number of halogens is 1. The molecule has 4 nitrogen and oxygen atoms in total. The van der Waals surface area contributed by atoms with Crippen molar-refractivity contribution >= 4 is 17.5 Å². The summed E-state index contributed by atoms with van der Waals surface area (Å²) in [5, 5.41) is 4.12. The van der Waals surface area contributed by atoms with Gasteiger partial charge in [-0.15, -0.1) is 0 Å². The lowest BCUT2D eigenvalue weighted by Gasteiger charge is -2.34. The highest BCUT2D eigenvalue weighted by molar-refractivity contribution is 6.30. The minimum absolute atomic E-state index is 0.0651. The molecule has 20 heavy (non-hydrogen) atoms. The van der Waals surface area contributed by atoms with Gasteiger partial charge < -0.3 is 15.0 Å². The van der Waals surface area contributed by atoms with Crippen LogP contribution >= 0.6 is 11.6 Å². The first kappa shape index (κ1) is 13.7. The second-order valence-corrected chi connectivity index (χ2v) is 5.92. The average Bonchev–Trinajstić information content (AvgIpc) is 2.92. The lowest BCUT2D eigenvalue weighted by molar-refractivity contribution is -0.135. The Hall–Kier alpha value is -1.26. The van der Waals surface area contributed by atoms with Crippen LogP contribution in [0.15, 0.2) is 24.3 Å². The molecule has 2 atom stereocenters. The molecule has 1 amide bonds. The van der Waals surface area contributed by atoms with Crippen molar-refractivity contribution in [3.63, 3.8) is 0 Å². The van der Waals surface area contributed by atoms with Gasteiger partial charge in [-0.2, -0.15) is 0 Å². The largest absolute Gasteiger partial charge is 0.484 e. The Bertz CT molecular complexity index is 495. The third-order valence-electron chi connectivity index (χ3n) is 4.17. The molecule has 5 heteroatoms. The normalized spacial score (nSPS) is 25.4. The number of ether oxygens (including phenoxy) is 1. The number of carbonyl (C=O) groups is 1. The predicted octanol–water partition coefficient (Wildman–Crippen LogP) is 1.93. The molecule has 0 radical (unpaired) electrons. The van der Waals surface area contributed by atoms with Gasteiger partial charge in [-0.1, -0.05) is 17.7 Å². The fourth-order valence-corrected chi connectivity index (χ4v) is 3.25. The van der Waals surface area contributed by atoms with Crippen LogP contribution in [-0.4, -0.2) is 43.1 Å². The number of rotatable bonds is 3. The average molecular weight is 295 g/mol. The molecule has 2 aliphatic heterocycles. The van der Waals surface area contributed by atoms with Crippen molar-refractivity contribution in [1.29, 1.82) is 0 Å². The van der Waals surface area contributed by atoms with Crippen molar-refractivity contribution in [2.75, 3.05) is 26.2 Å². The van der Waals surface area contributed by atoms with E-state index in [0.29, 0.717) is 22.7 Å². The van der Waals surface area contributed by atoms with Gasteiger partial charge in [-0.3, -0.25) is 4.79 Å². The molecule has 1 aromatic carbocycles. The van der Waals surface area contributed by atoms with Crippen LogP contribution in [0.4, 0.5) is 0 Å². The Balaban J connectivity index is 1.52. The maximum absolute atomic E-state index is 12.2. The zero-order valence-corrected chi connectivity index (χ0v) is 12.1. The Morgan fingerprint density at radius 1 is 1.45 bits per heavy atom. The molecule has 1 aromatic rings. The van der Waals surface area contributed by atoms with Crippen LogP contribution < -0.4 is 10.1 Å². The molecule has 0 bridgehead atoms. The fraction of sp³-hybridized carbons (Fsp3) is 0.533. The molecule has 2 aliphatic rings. The summed E-state index contributed by atoms with van der Waals surface area (Å²) in [6, 6.07) is 7.74. The summed E-state index contributed by atoms with van der Waals surface area (Å²) in [4.78, 5) is 14.1. The molecule has 0 saturated carbocycles. The van der Waals surface area contributed by atoms with E-state index in [2.05, 4.69) is 5.32 Å². The minimum atomic E-state index is 0.0651. The van der Waals surface area contributed by atoms with E-state index < -0.39 is 0 Å². The van der Waals surface area contributed by atoms with Gasteiger partial charge in [0.15, 0.2) is 6.61 Å². The van der Waals surface area contributed by atoms with E-state index in [1.165, 1.54) is 6.42 Å². The molecule has 2 saturated heterocycles. The van der Waals surface area contributed by atoms with Crippen molar-refractivity contribution in [2.24, 2.45) is 5.92 Å². The van der Waals surface area contributed by atoms with E-state index in [0.717, 1.165) is 26.1 Å². The van der Waals surface area contributed by atoms with Crippen molar-refractivity contribution in [3.8, 4) is 5.75 Å². The summed E-state index contributed by atoms with van der Waals surface area (Å²) in [5.74, 6) is 1.32. The van der Waals surface area contributed by atoms with Crippen LogP contribution in [0.3, 0.4) is 0 Å². The smallest absolute Gasteiger partial charge is 0.260 e. The summed E-state index contributed by atoms with van der Waals surface area (Å²) >= 11 is 5.89. The van der Waals surface area contributed by atoms with E-state index in [4.69, 9.17) is 16.3 Å². The van der Waals surface area contributed by atoms with Crippen molar-refractivity contribution < 1.29 is 9.53 Å². The van der Waals surface area contributed by atoms with E-state index in [9.17, 15) is 4.79 Å². The molecule has 0 spiro atoms. The maximum Gasteiger partial charge on any atom is 0.260 e. The van der Waals surface area contributed by atoms with Gasteiger partial charge in [0.25, 0.3) is 5.91 Å². The van der Waals surface area contributed by atoms with Gasteiger partial charge in [0.2, 0.25) is 0 Å². The number of piperidine rings is 1. The molecule has 2 unspecified atom stereocenters. The van der Waals surface area contributed by atoms with E-state index in [1.807, 2.05) is 17.0 Å². The standard InChI is InChI=1S/C15H19ClN2O2/c16-12-2-1-3-13(8-12)20-10-15(19)18-7-5-14-11(9-18)4-6-17-14/h1-3,8,11,14,17H,4-7,9-10H2. The number of likely N-dealkylation sites (tertiary alicyclic amines) is 1. The molecule has 0 aliphatic carbocycles. The number of benzene rings is 1. The maximum atomic E-state index is 12.2. The summed E-state index contributed by atoms with van der Waals surface area (Å²) in [6.07, 6.45) is 2.22. The van der Waals surface area contributed by atoms with Crippen LogP contribution in [0.1, 0.15) is 12.8 Å². The van der Waals surface area contributed by atoms with Crippen molar-refractivity contribution in [3.05, 3.63) is 29.3 Å². The third-order valence-corrected chi connectivity index (χ3v) is 4.40. The molecule has 3 rings (SSSR count). The summed E-state index contributed by atoms with van der Waals surface area (Å²) in [7, 11) is 0. The number of fused-ring (bicyclic) bond motifs is 1. The third kappa shape index (κ3) is 3.07. The van der Waals surface area contributed by atoms with E-state index in [1.54, 1.807) is 12.1 Å². The number of carbonyl (C=O) groups excluding carboxylic acids is 1. The Morgan fingerprint density at radius 3 is 3.20 bits per heavy atom.